The number of hydrogen-bond acceptors (Lipinski definition) is 6. The lowest BCUT2D eigenvalue weighted by Gasteiger charge is -2.26. The minimum Gasteiger partial charge on any atom is -0.390 e. The molecule has 1 aliphatic heterocycles. The molecule has 146 valence electrons. The van der Waals surface area contributed by atoms with Gasteiger partial charge in [0.05, 0.1) is 12.7 Å². The van der Waals surface area contributed by atoms with Crippen LogP contribution >= 0.6 is 0 Å². The maximum absolute atomic E-state index is 12.9. The molecule has 0 spiro atoms. The summed E-state index contributed by atoms with van der Waals surface area (Å²) < 4.78 is 5.42. The summed E-state index contributed by atoms with van der Waals surface area (Å²) in [5, 5.41) is 23.1. The predicted octanol–water partition coefficient (Wildman–Crippen LogP) is 1.66. The van der Waals surface area contributed by atoms with Gasteiger partial charge in [0.1, 0.15) is 17.6 Å². The molecule has 0 unspecified atom stereocenters. The van der Waals surface area contributed by atoms with Gasteiger partial charge in [0.2, 0.25) is 0 Å². The number of anilines is 1. The zero-order valence-corrected chi connectivity index (χ0v) is 15.6. The third-order valence-corrected chi connectivity index (χ3v) is 4.66. The molecule has 0 aliphatic carbocycles. The summed E-state index contributed by atoms with van der Waals surface area (Å²) >= 11 is 0. The molecule has 0 bridgehead atoms. The summed E-state index contributed by atoms with van der Waals surface area (Å²) in [7, 11) is 1.76. The van der Waals surface area contributed by atoms with Gasteiger partial charge < -0.3 is 25.2 Å². The van der Waals surface area contributed by atoms with E-state index in [2.05, 4.69) is 10.3 Å². The van der Waals surface area contributed by atoms with Crippen molar-refractivity contribution in [2.75, 3.05) is 38.7 Å². The smallest absolute Gasteiger partial charge is 0.272 e. The van der Waals surface area contributed by atoms with Gasteiger partial charge in [-0.05, 0) is 31.4 Å². The fourth-order valence-corrected chi connectivity index (χ4v) is 3.00. The number of amides is 1. The topological polar surface area (TPSA) is 94.9 Å². The number of aliphatic hydroxyl groups is 2. The fourth-order valence-electron chi connectivity index (χ4n) is 3.00. The number of aromatic nitrogens is 1. The Labute approximate surface area is 155 Å². The molecule has 7 nitrogen and oxygen atoms in total. The van der Waals surface area contributed by atoms with Gasteiger partial charge in [0.15, 0.2) is 0 Å². The Morgan fingerprint density at radius 3 is 2.73 bits per heavy atom. The van der Waals surface area contributed by atoms with E-state index in [-0.39, 0.29) is 12.5 Å². The molecule has 3 N–H and O–H groups in total. The quantitative estimate of drug-likeness (QED) is 0.738. The van der Waals surface area contributed by atoms with Gasteiger partial charge in [0, 0.05) is 26.7 Å². The Morgan fingerprint density at radius 1 is 1.15 bits per heavy atom. The molecule has 2 heterocycles. The van der Waals surface area contributed by atoms with E-state index >= 15 is 0 Å². The van der Waals surface area contributed by atoms with Crippen molar-refractivity contribution in [3.05, 3.63) is 23.9 Å². The van der Waals surface area contributed by atoms with E-state index in [1.54, 1.807) is 30.1 Å². The average molecular weight is 365 g/mol. The molecule has 1 aromatic rings. The summed E-state index contributed by atoms with van der Waals surface area (Å²) in [6.45, 7) is 1.74. The zero-order chi connectivity index (χ0) is 18.8. The number of pyridine rings is 1. The van der Waals surface area contributed by atoms with Gasteiger partial charge in [-0.25, -0.2) is 4.98 Å². The van der Waals surface area contributed by atoms with Crippen molar-refractivity contribution in [1.29, 1.82) is 0 Å². The SMILES string of the molecule is CNc1cccc(C(=O)N2CCCCCCCOC[C@@H](O)[C@@H](O)CC2)n1. The monoisotopic (exact) mass is 365 g/mol. The first-order valence-electron chi connectivity index (χ1n) is 9.49. The maximum atomic E-state index is 12.9. The Hall–Kier alpha value is -1.70. The van der Waals surface area contributed by atoms with Crippen LogP contribution in [0.2, 0.25) is 0 Å². The van der Waals surface area contributed by atoms with Crippen molar-refractivity contribution in [3.8, 4) is 0 Å². The zero-order valence-electron chi connectivity index (χ0n) is 15.6. The number of rotatable bonds is 2. The number of hydrogen-bond donors (Lipinski definition) is 3. The van der Waals surface area contributed by atoms with Gasteiger partial charge in [0.25, 0.3) is 5.91 Å². The largest absolute Gasteiger partial charge is 0.390 e. The number of carbonyl (C=O) groups is 1. The summed E-state index contributed by atoms with van der Waals surface area (Å²) in [6, 6.07) is 5.31. The first-order valence-corrected chi connectivity index (χ1v) is 9.49. The molecule has 0 aromatic carbocycles. The second-order valence-corrected chi connectivity index (χ2v) is 6.72. The van der Waals surface area contributed by atoms with E-state index < -0.39 is 12.2 Å². The average Bonchev–Trinajstić information content (AvgIpc) is 2.67. The molecule has 0 saturated carbocycles. The summed E-state index contributed by atoms with van der Waals surface area (Å²) in [5.41, 5.74) is 0.385. The lowest BCUT2D eigenvalue weighted by molar-refractivity contribution is -0.0434. The Morgan fingerprint density at radius 2 is 1.92 bits per heavy atom. The second-order valence-electron chi connectivity index (χ2n) is 6.72. The number of aliphatic hydroxyl groups excluding tert-OH is 2. The molecule has 1 aromatic heterocycles. The highest BCUT2D eigenvalue weighted by Gasteiger charge is 2.22. The van der Waals surface area contributed by atoms with Crippen LogP contribution in [0.1, 0.15) is 49.0 Å². The van der Waals surface area contributed by atoms with Crippen molar-refractivity contribution in [2.24, 2.45) is 0 Å². The van der Waals surface area contributed by atoms with Crippen LogP contribution in [-0.4, -0.2) is 71.6 Å². The lowest BCUT2D eigenvalue weighted by Crippen LogP contribution is -2.38. The molecule has 26 heavy (non-hydrogen) atoms. The minimum absolute atomic E-state index is 0.126. The molecule has 1 aliphatic rings. The summed E-state index contributed by atoms with van der Waals surface area (Å²) in [5.74, 6) is 0.498. The molecule has 2 rings (SSSR count). The maximum Gasteiger partial charge on any atom is 0.272 e. The normalized spacial score (nSPS) is 23.9. The third kappa shape index (κ3) is 6.55. The predicted molar refractivity (Wildman–Crippen MR) is 100 cm³/mol. The van der Waals surface area contributed by atoms with Crippen molar-refractivity contribution in [2.45, 2.75) is 50.7 Å². The minimum atomic E-state index is -0.930. The Bertz CT molecular complexity index is 555. The second kappa shape index (κ2) is 11.1. The van der Waals surface area contributed by atoms with E-state index in [1.807, 2.05) is 0 Å². The number of nitrogens with one attached hydrogen (secondary N) is 1. The van der Waals surface area contributed by atoms with Crippen LogP contribution in [0, 0.1) is 0 Å². The van der Waals surface area contributed by atoms with Crippen LogP contribution in [0.4, 0.5) is 5.82 Å². The van der Waals surface area contributed by atoms with Crippen LogP contribution < -0.4 is 5.32 Å². The van der Waals surface area contributed by atoms with Crippen molar-refractivity contribution >= 4 is 11.7 Å². The van der Waals surface area contributed by atoms with Crippen LogP contribution in [0.3, 0.4) is 0 Å². The standard InChI is InChI=1S/C19H31N3O4/c1-20-18-9-7-8-15(21-18)19(25)22-11-5-3-2-4-6-13-26-14-17(24)16(23)10-12-22/h7-9,16-17,23-24H,2-6,10-14H2,1H3,(H,20,21)/t16-,17+/m0/s1. The van der Waals surface area contributed by atoms with Crippen molar-refractivity contribution < 1.29 is 19.7 Å². The Kier molecular flexibility index (Phi) is 8.80. The van der Waals surface area contributed by atoms with E-state index in [0.29, 0.717) is 37.6 Å². The molecular weight excluding hydrogens is 334 g/mol. The van der Waals surface area contributed by atoms with Gasteiger partial charge >= 0.3 is 0 Å². The number of ether oxygens (including phenoxy) is 1. The van der Waals surface area contributed by atoms with Gasteiger partial charge in [-0.1, -0.05) is 25.3 Å². The molecular formula is C19H31N3O4. The third-order valence-electron chi connectivity index (χ3n) is 4.66. The highest BCUT2D eigenvalue weighted by Crippen LogP contribution is 2.12. The summed E-state index contributed by atoms with van der Waals surface area (Å²) in [4.78, 5) is 18.9. The van der Waals surface area contributed by atoms with Gasteiger partial charge in [-0.15, -0.1) is 0 Å². The van der Waals surface area contributed by atoms with E-state index in [0.717, 1.165) is 32.1 Å². The Balaban J connectivity index is 2.04. The number of carbonyl (C=O) groups excluding carboxylic acids is 1. The van der Waals surface area contributed by atoms with E-state index in [1.165, 1.54) is 0 Å². The highest BCUT2D eigenvalue weighted by atomic mass is 16.5. The van der Waals surface area contributed by atoms with Crippen LogP contribution in [0.25, 0.3) is 0 Å². The first-order chi connectivity index (χ1) is 12.6. The fraction of sp³-hybridized carbons (Fsp3) is 0.684. The van der Waals surface area contributed by atoms with Gasteiger partial charge in [-0.3, -0.25) is 4.79 Å². The number of nitrogens with zero attached hydrogens (tertiary/aromatic N) is 2. The molecule has 0 radical (unpaired) electrons. The first kappa shape index (κ1) is 20.6. The summed E-state index contributed by atoms with van der Waals surface area (Å²) in [6.07, 6.45) is 3.55. The van der Waals surface area contributed by atoms with Crippen molar-refractivity contribution in [1.82, 2.24) is 9.88 Å². The molecule has 7 heteroatoms. The molecule has 1 amide bonds. The molecule has 1 saturated heterocycles. The van der Waals surface area contributed by atoms with Gasteiger partial charge in [-0.2, -0.15) is 0 Å². The molecule has 1 fully saturated rings. The van der Waals surface area contributed by atoms with Crippen LogP contribution in [0.5, 0.6) is 0 Å². The van der Waals surface area contributed by atoms with Crippen LogP contribution in [-0.2, 0) is 4.74 Å². The van der Waals surface area contributed by atoms with Crippen LogP contribution in [0.15, 0.2) is 18.2 Å². The molecule has 2 atom stereocenters. The van der Waals surface area contributed by atoms with E-state index in [9.17, 15) is 15.0 Å². The van der Waals surface area contributed by atoms with E-state index in [4.69, 9.17) is 4.74 Å². The lowest BCUT2D eigenvalue weighted by atomic mass is 10.1. The van der Waals surface area contributed by atoms with Crippen molar-refractivity contribution in [3.63, 3.8) is 0 Å². The highest BCUT2D eigenvalue weighted by molar-refractivity contribution is 5.92.